The molecule has 2 rings (SSSR count). The Morgan fingerprint density at radius 3 is 2.33 bits per heavy atom. The molecule has 0 atom stereocenters. The third-order valence-corrected chi connectivity index (χ3v) is 2.70. The van der Waals surface area contributed by atoms with Crippen LogP contribution >= 0.6 is 12.2 Å². The van der Waals surface area contributed by atoms with Gasteiger partial charge in [0.25, 0.3) is 0 Å². The molecule has 0 spiro atoms. The number of nitrogens with two attached hydrogens (primary N) is 1. The van der Waals surface area contributed by atoms with Crippen molar-refractivity contribution in [2.45, 2.75) is 13.1 Å². The standard InChI is InChI=1S/C13H11F3N4S/c1-7-2-4-8(5-3-7)9-6-10(13(14,15)16)19-12(18-9)20-11(17)21/h2-6H,1H3,(H3,17,18,19,20,21). The quantitative estimate of drug-likeness (QED) is 0.834. The van der Waals surface area contributed by atoms with Crippen LogP contribution in [0, 0.1) is 6.92 Å². The van der Waals surface area contributed by atoms with Gasteiger partial charge >= 0.3 is 6.18 Å². The van der Waals surface area contributed by atoms with Gasteiger partial charge in [-0.05, 0) is 25.2 Å². The van der Waals surface area contributed by atoms with Gasteiger partial charge in [0.15, 0.2) is 10.8 Å². The molecule has 0 saturated carbocycles. The summed E-state index contributed by atoms with van der Waals surface area (Å²) in [6.45, 7) is 1.88. The first kappa shape index (κ1) is 15.2. The number of aryl methyl sites for hydroxylation is 1. The predicted molar refractivity (Wildman–Crippen MR) is 77.6 cm³/mol. The van der Waals surface area contributed by atoms with E-state index in [1.54, 1.807) is 24.3 Å². The molecule has 2 aromatic rings. The summed E-state index contributed by atoms with van der Waals surface area (Å²) in [6.07, 6.45) is -4.59. The van der Waals surface area contributed by atoms with Gasteiger partial charge in [-0.3, -0.25) is 0 Å². The molecule has 1 heterocycles. The second-order valence-corrected chi connectivity index (χ2v) is 4.75. The Kier molecular flexibility index (Phi) is 4.08. The fraction of sp³-hybridized carbons (Fsp3) is 0.154. The fourth-order valence-electron chi connectivity index (χ4n) is 1.63. The maximum absolute atomic E-state index is 12.9. The van der Waals surface area contributed by atoms with Crippen molar-refractivity contribution in [3.8, 4) is 11.3 Å². The van der Waals surface area contributed by atoms with Gasteiger partial charge in [0.2, 0.25) is 5.95 Å². The number of alkyl halides is 3. The highest BCUT2D eigenvalue weighted by Crippen LogP contribution is 2.31. The maximum Gasteiger partial charge on any atom is 0.433 e. The van der Waals surface area contributed by atoms with E-state index in [4.69, 9.17) is 5.73 Å². The molecular formula is C13H11F3N4S. The third-order valence-electron chi connectivity index (χ3n) is 2.60. The van der Waals surface area contributed by atoms with Gasteiger partial charge in [-0.1, -0.05) is 29.8 Å². The number of thiocarbonyl (C=S) groups is 1. The van der Waals surface area contributed by atoms with Crippen molar-refractivity contribution in [3.05, 3.63) is 41.6 Å². The van der Waals surface area contributed by atoms with Crippen LogP contribution in [0.1, 0.15) is 11.3 Å². The predicted octanol–water partition coefficient (Wildman–Crippen LogP) is 3.13. The van der Waals surface area contributed by atoms with Gasteiger partial charge in [-0.15, -0.1) is 0 Å². The summed E-state index contributed by atoms with van der Waals surface area (Å²) in [7, 11) is 0. The first-order valence-electron chi connectivity index (χ1n) is 5.85. The molecule has 0 unspecified atom stereocenters. The van der Waals surface area contributed by atoms with Crippen LogP contribution in [-0.2, 0) is 6.18 Å². The van der Waals surface area contributed by atoms with Crippen molar-refractivity contribution in [2.75, 3.05) is 5.32 Å². The van der Waals surface area contributed by atoms with E-state index >= 15 is 0 Å². The number of anilines is 1. The summed E-state index contributed by atoms with van der Waals surface area (Å²) in [5, 5.41) is 2.12. The van der Waals surface area contributed by atoms with Crippen LogP contribution in [0.15, 0.2) is 30.3 Å². The average Bonchev–Trinajstić information content (AvgIpc) is 2.37. The van der Waals surface area contributed by atoms with Crippen LogP contribution in [0.5, 0.6) is 0 Å². The Hall–Kier alpha value is -2.22. The monoisotopic (exact) mass is 312 g/mol. The molecule has 0 aliphatic heterocycles. The van der Waals surface area contributed by atoms with Gasteiger partial charge < -0.3 is 11.1 Å². The lowest BCUT2D eigenvalue weighted by molar-refractivity contribution is -0.141. The van der Waals surface area contributed by atoms with Crippen molar-refractivity contribution in [1.29, 1.82) is 0 Å². The molecule has 21 heavy (non-hydrogen) atoms. The summed E-state index contributed by atoms with van der Waals surface area (Å²) < 4.78 is 38.6. The first-order chi connectivity index (χ1) is 9.75. The average molecular weight is 312 g/mol. The molecule has 0 amide bonds. The Morgan fingerprint density at radius 1 is 1.19 bits per heavy atom. The second-order valence-electron chi connectivity index (χ2n) is 4.32. The Labute approximate surface area is 124 Å². The molecule has 0 fully saturated rings. The highest BCUT2D eigenvalue weighted by atomic mass is 32.1. The number of aromatic nitrogens is 2. The van der Waals surface area contributed by atoms with E-state index in [1.165, 1.54) is 0 Å². The van der Waals surface area contributed by atoms with Gasteiger partial charge in [-0.25, -0.2) is 9.97 Å². The van der Waals surface area contributed by atoms with E-state index in [2.05, 4.69) is 27.5 Å². The van der Waals surface area contributed by atoms with E-state index in [1.807, 2.05) is 6.92 Å². The molecule has 110 valence electrons. The highest BCUT2D eigenvalue weighted by molar-refractivity contribution is 7.80. The lowest BCUT2D eigenvalue weighted by Crippen LogP contribution is -2.22. The number of hydrogen-bond donors (Lipinski definition) is 2. The van der Waals surface area contributed by atoms with E-state index in [0.717, 1.165) is 11.6 Å². The summed E-state index contributed by atoms with van der Waals surface area (Å²) in [5.41, 5.74) is 5.86. The largest absolute Gasteiger partial charge is 0.433 e. The van der Waals surface area contributed by atoms with E-state index in [0.29, 0.717) is 5.56 Å². The molecule has 8 heteroatoms. The molecule has 0 saturated heterocycles. The molecule has 0 aliphatic carbocycles. The van der Waals surface area contributed by atoms with Crippen LogP contribution in [0.4, 0.5) is 19.1 Å². The number of rotatable bonds is 2. The summed E-state index contributed by atoms with van der Waals surface area (Å²) in [5.74, 6) is -0.284. The van der Waals surface area contributed by atoms with Crippen LogP contribution in [0.2, 0.25) is 0 Å². The van der Waals surface area contributed by atoms with E-state index in [-0.39, 0.29) is 16.8 Å². The zero-order valence-electron chi connectivity index (χ0n) is 10.9. The second kappa shape index (κ2) is 5.65. The lowest BCUT2D eigenvalue weighted by atomic mass is 10.1. The molecule has 0 aliphatic rings. The molecule has 1 aromatic heterocycles. The fourth-order valence-corrected chi connectivity index (χ4v) is 1.72. The smallest absolute Gasteiger partial charge is 0.376 e. The van der Waals surface area contributed by atoms with E-state index < -0.39 is 11.9 Å². The third kappa shape index (κ3) is 3.88. The van der Waals surface area contributed by atoms with Gasteiger partial charge in [0, 0.05) is 5.56 Å². The number of nitrogens with zero attached hydrogens (tertiary/aromatic N) is 2. The molecule has 0 radical (unpaired) electrons. The molecule has 1 aromatic carbocycles. The Bertz CT molecular complexity index is 668. The van der Waals surface area contributed by atoms with E-state index in [9.17, 15) is 13.2 Å². The minimum absolute atomic E-state index is 0.135. The molecular weight excluding hydrogens is 301 g/mol. The Balaban J connectivity index is 2.54. The van der Waals surface area contributed by atoms with Crippen LogP contribution in [0.3, 0.4) is 0 Å². The highest BCUT2D eigenvalue weighted by Gasteiger charge is 2.33. The zero-order valence-corrected chi connectivity index (χ0v) is 11.7. The molecule has 0 bridgehead atoms. The first-order valence-corrected chi connectivity index (χ1v) is 6.26. The SMILES string of the molecule is Cc1ccc(-c2cc(C(F)(F)F)nc(NC(N)=S)n2)cc1. The zero-order chi connectivity index (χ0) is 15.6. The Morgan fingerprint density at radius 2 is 1.81 bits per heavy atom. The number of nitrogens with one attached hydrogen (secondary N) is 1. The number of hydrogen-bond acceptors (Lipinski definition) is 3. The summed E-state index contributed by atoms with van der Waals surface area (Å²) in [4.78, 5) is 7.37. The van der Waals surface area contributed by atoms with Gasteiger partial charge in [0.05, 0.1) is 5.69 Å². The molecule has 3 N–H and O–H groups in total. The summed E-state index contributed by atoms with van der Waals surface area (Å²) >= 11 is 4.60. The van der Waals surface area contributed by atoms with Crippen LogP contribution in [-0.4, -0.2) is 15.1 Å². The number of halogens is 3. The minimum atomic E-state index is -4.59. The van der Waals surface area contributed by atoms with Crippen molar-refractivity contribution in [2.24, 2.45) is 5.73 Å². The van der Waals surface area contributed by atoms with Gasteiger partial charge in [0.1, 0.15) is 0 Å². The maximum atomic E-state index is 12.9. The van der Waals surface area contributed by atoms with Gasteiger partial charge in [-0.2, -0.15) is 13.2 Å². The van der Waals surface area contributed by atoms with Crippen LogP contribution in [0.25, 0.3) is 11.3 Å². The molecule has 4 nitrogen and oxygen atoms in total. The minimum Gasteiger partial charge on any atom is -0.376 e. The normalized spacial score (nSPS) is 11.2. The lowest BCUT2D eigenvalue weighted by Gasteiger charge is -2.11. The summed E-state index contributed by atoms with van der Waals surface area (Å²) in [6, 6.07) is 7.82. The van der Waals surface area contributed by atoms with Crippen molar-refractivity contribution in [1.82, 2.24) is 9.97 Å². The van der Waals surface area contributed by atoms with Crippen molar-refractivity contribution in [3.63, 3.8) is 0 Å². The number of benzene rings is 1. The van der Waals surface area contributed by atoms with Crippen molar-refractivity contribution < 1.29 is 13.2 Å². The van der Waals surface area contributed by atoms with Crippen molar-refractivity contribution >= 4 is 23.3 Å². The topological polar surface area (TPSA) is 63.8 Å². The van der Waals surface area contributed by atoms with Crippen LogP contribution < -0.4 is 11.1 Å².